The molecule has 0 aromatic heterocycles. The molecule has 0 bridgehead atoms. The molecule has 24 heavy (non-hydrogen) atoms. The zero-order valence-corrected chi connectivity index (χ0v) is 15.8. The van der Waals surface area contributed by atoms with E-state index in [0.717, 1.165) is 38.0 Å². The van der Waals surface area contributed by atoms with E-state index < -0.39 is 0 Å². The van der Waals surface area contributed by atoms with E-state index in [1.54, 1.807) is 0 Å². The van der Waals surface area contributed by atoms with Gasteiger partial charge in [0.2, 0.25) is 5.91 Å². The van der Waals surface area contributed by atoms with Gasteiger partial charge in [-0.15, -0.1) is 12.4 Å². The van der Waals surface area contributed by atoms with Gasteiger partial charge in [0, 0.05) is 30.9 Å². The van der Waals surface area contributed by atoms with Crippen molar-refractivity contribution in [1.82, 2.24) is 4.90 Å². The zero-order valence-electron chi connectivity index (χ0n) is 15.0. The number of fused-ring (bicyclic) bond motifs is 1. The number of rotatable bonds is 2. The highest BCUT2D eigenvalue weighted by Crippen LogP contribution is 2.32. The number of aryl methyl sites for hydroxylation is 1. The molecule has 2 aliphatic heterocycles. The van der Waals surface area contributed by atoms with Crippen molar-refractivity contribution in [2.24, 2.45) is 11.1 Å². The van der Waals surface area contributed by atoms with Crippen LogP contribution < -0.4 is 10.6 Å². The van der Waals surface area contributed by atoms with Gasteiger partial charge in [0.05, 0.1) is 6.54 Å². The highest BCUT2D eigenvalue weighted by molar-refractivity contribution is 5.96. The number of benzene rings is 1. The van der Waals surface area contributed by atoms with Gasteiger partial charge in [0.15, 0.2) is 0 Å². The second kappa shape index (κ2) is 7.42. The molecule has 1 saturated heterocycles. The highest BCUT2D eigenvalue weighted by Gasteiger charge is 2.35. The molecule has 2 atom stereocenters. The lowest BCUT2D eigenvalue weighted by Crippen LogP contribution is -2.55. The molecule has 2 unspecified atom stereocenters. The van der Waals surface area contributed by atoms with Gasteiger partial charge in [-0.05, 0) is 43.2 Å². The Morgan fingerprint density at radius 3 is 2.71 bits per heavy atom. The van der Waals surface area contributed by atoms with E-state index in [0.29, 0.717) is 6.54 Å². The first-order valence-corrected chi connectivity index (χ1v) is 8.76. The average Bonchev–Trinajstić information content (AvgIpc) is 2.50. The van der Waals surface area contributed by atoms with Gasteiger partial charge < -0.3 is 10.6 Å². The number of amides is 1. The van der Waals surface area contributed by atoms with E-state index in [1.165, 1.54) is 5.56 Å². The summed E-state index contributed by atoms with van der Waals surface area (Å²) in [6.45, 7) is 8.86. The van der Waals surface area contributed by atoms with Crippen LogP contribution in [-0.2, 0) is 11.2 Å². The van der Waals surface area contributed by atoms with Crippen molar-refractivity contribution in [3.8, 4) is 0 Å². The number of hydrogen-bond donors (Lipinski definition) is 1. The van der Waals surface area contributed by atoms with Gasteiger partial charge in [0.1, 0.15) is 0 Å². The molecule has 0 aliphatic carbocycles. The topological polar surface area (TPSA) is 49.6 Å². The first-order chi connectivity index (χ1) is 10.9. The first kappa shape index (κ1) is 19.2. The van der Waals surface area contributed by atoms with Crippen LogP contribution >= 0.6 is 12.4 Å². The SMILES string of the molecule is CC1CCc2ccccc2N1C(=O)CN1CCC(N)C(C)(C)C1.Cl. The molecule has 134 valence electrons. The molecule has 0 spiro atoms. The minimum absolute atomic E-state index is 0. The Kier molecular flexibility index (Phi) is 5.95. The highest BCUT2D eigenvalue weighted by atomic mass is 35.5. The van der Waals surface area contributed by atoms with Gasteiger partial charge >= 0.3 is 0 Å². The molecule has 1 fully saturated rings. The molecule has 3 rings (SSSR count). The second-order valence-corrected chi connectivity index (χ2v) is 7.87. The van der Waals surface area contributed by atoms with Crippen molar-refractivity contribution in [3.05, 3.63) is 29.8 Å². The van der Waals surface area contributed by atoms with E-state index in [4.69, 9.17) is 5.73 Å². The van der Waals surface area contributed by atoms with Crippen LogP contribution in [0.1, 0.15) is 39.2 Å². The molecule has 4 nitrogen and oxygen atoms in total. The van der Waals surface area contributed by atoms with Crippen LogP contribution in [0, 0.1) is 5.41 Å². The molecule has 2 heterocycles. The number of nitrogens with two attached hydrogens (primary N) is 1. The molecule has 0 radical (unpaired) electrons. The molecule has 1 aromatic rings. The standard InChI is InChI=1S/C19H29N3O.ClH/c1-14-8-9-15-6-4-5-7-16(15)22(14)18(23)12-21-11-10-17(20)19(2,3)13-21;/h4-7,14,17H,8-13,20H2,1-3H3;1H. The van der Waals surface area contributed by atoms with E-state index in [2.05, 4.69) is 43.9 Å². The predicted molar refractivity (Wildman–Crippen MR) is 102 cm³/mol. The summed E-state index contributed by atoms with van der Waals surface area (Å²) >= 11 is 0. The van der Waals surface area contributed by atoms with E-state index in [-0.39, 0.29) is 35.8 Å². The summed E-state index contributed by atoms with van der Waals surface area (Å²) in [6.07, 6.45) is 3.07. The van der Waals surface area contributed by atoms with Crippen LogP contribution in [0.5, 0.6) is 0 Å². The number of anilines is 1. The Balaban J connectivity index is 0.00000208. The maximum atomic E-state index is 13.0. The monoisotopic (exact) mass is 351 g/mol. The van der Waals surface area contributed by atoms with Gasteiger partial charge in [-0.2, -0.15) is 0 Å². The summed E-state index contributed by atoms with van der Waals surface area (Å²) in [7, 11) is 0. The number of para-hydroxylation sites is 1. The number of carbonyl (C=O) groups is 1. The fourth-order valence-corrected chi connectivity index (χ4v) is 3.96. The fourth-order valence-electron chi connectivity index (χ4n) is 3.96. The number of likely N-dealkylation sites (tertiary alicyclic amines) is 1. The fraction of sp³-hybridized carbons (Fsp3) is 0.632. The summed E-state index contributed by atoms with van der Waals surface area (Å²) in [4.78, 5) is 17.3. The lowest BCUT2D eigenvalue weighted by atomic mass is 9.80. The number of halogens is 1. The number of carbonyl (C=O) groups excluding carboxylic acids is 1. The Bertz CT molecular complexity index is 590. The Hall–Kier alpha value is -1.10. The van der Waals surface area contributed by atoms with Gasteiger partial charge in [-0.1, -0.05) is 32.0 Å². The van der Waals surface area contributed by atoms with Crippen molar-refractivity contribution < 1.29 is 4.79 Å². The molecule has 0 saturated carbocycles. The van der Waals surface area contributed by atoms with Gasteiger partial charge in [0.25, 0.3) is 0 Å². The summed E-state index contributed by atoms with van der Waals surface area (Å²) in [6, 6.07) is 8.82. The molecule has 1 aromatic carbocycles. The first-order valence-electron chi connectivity index (χ1n) is 8.76. The molecule has 5 heteroatoms. The minimum Gasteiger partial charge on any atom is -0.327 e. The molecule has 2 aliphatic rings. The maximum Gasteiger partial charge on any atom is 0.241 e. The molecular weight excluding hydrogens is 322 g/mol. The number of hydrogen-bond acceptors (Lipinski definition) is 3. The van der Waals surface area contributed by atoms with Crippen molar-refractivity contribution in [2.45, 2.75) is 52.1 Å². The smallest absolute Gasteiger partial charge is 0.241 e. The largest absolute Gasteiger partial charge is 0.327 e. The summed E-state index contributed by atoms with van der Waals surface area (Å²) in [5.41, 5.74) is 8.68. The lowest BCUT2D eigenvalue weighted by molar-refractivity contribution is -0.121. The second-order valence-electron chi connectivity index (χ2n) is 7.87. The molecule has 1 amide bonds. The van der Waals surface area contributed by atoms with Crippen LogP contribution in [0.3, 0.4) is 0 Å². The Labute approximate surface area is 151 Å². The average molecular weight is 352 g/mol. The predicted octanol–water partition coefficient (Wildman–Crippen LogP) is 2.84. The third-order valence-electron chi connectivity index (χ3n) is 5.54. The van der Waals surface area contributed by atoms with E-state index in [9.17, 15) is 4.79 Å². The van der Waals surface area contributed by atoms with Crippen LogP contribution in [-0.4, -0.2) is 42.5 Å². The summed E-state index contributed by atoms with van der Waals surface area (Å²) in [5, 5.41) is 0. The number of nitrogens with zero attached hydrogens (tertiary/aromatic N) is 2. The van der Waals surface area contributed by atoms with Crippen molar-refractivity contribution in [1.29, 1.82) is 0 Å². The zero-order chi connectivity index (χ0) is 16.6. The Morgan fingerprint density at radius 1 is 1.29 bits per heavy atom. The third kappa shape index (κ3) is 3.76. The lowest BCUT2D eigenvalue weighted by Gasteiger charge is -2.43. The maximum absolute atomic E-state index is 13.0. The van der Waals surface area contributed by atoms with E-state index in [1.807, 2.05) is 11.0 Å². The quantitative estimate of drug-likeness (QED) is 0.891. The van der Waals surface area contributed by atoms with Crippen molar-refractivity contribution in [3.63, 3.8) is 0 Å². The van der Waals surface area contributed by atoms with Crippen LogP contribution in [0.2, 0.25) is 0 Å². The summed E-state index contributed by atoms with van der Waals surface area (Å²) < 4.78 is 0. The van der Waals surface area contributed by atoms with Gasteiger partial charge in [-0.3, -0.25) is 9.69 Å². The van der Waals surface area contributed by atoms with E-state index >= 15 is 0 Å². The van der Waals surface area contributed by atoms with Crippen molar-refractivity contribution in [2.75, 3.05) is 24.5 Å². The van der Waals surface area contributed by atoms with Gasteiger partial charge in [-0.25, -0.2) is 0 Å². The van der Waals surface area contributed by atoms with Crippen LogP contribution in [0.4, 0.5) is 5.69 Å². The molecular formula is C19H30ClN3O. The van der Waals surface area contributed by atoms with Crippen molar-refractivity contribution >= 4 is 24.0 Å². The van der Waals surface area contributed by atoms with Crippen LogP contribution in [0.15, 0.2) is 24.3 Å². The minimum atomic E-state index is 0. The normalized spacial score (nSPS) is 26.4. The van der Waals surface area contributed by atoms with Crippen LogP contribution in [0.25, 0.3) is 0 Å². The summed E-state index contributed by atoms with van der Waals surface area (Å²) in [5.74, 6) is 0.218. The number of piperidine rings is 1. The molecule has 2 N–H and O–H groups in total. The Morgan fingerprint density at radius 2 is 2.00 bits per heavy atom. The third-order valence-corrected chi connectivity index (χ3v) is 5.54.